The third-order valence-corrected chi connectivity index (χ3v) is 3.03. The van der Waals surface area contributed by atoms with Gasteiger partial charge < -0.3 is 10.4 Å². The number of aliphatic carboxylic acids is 1. The van der Waals surface area contributed by atoms with E-state index in [1.54, 1.807) is 24.3 Å². The van der Waals surface area contributed by atoms with Gasteiger partial charge in [-0.3, -0.25) is 9.59 Å². The fraction of sp³-hybridized carbons (Fsp3) is 0.0667. The lowest BCUT2D eigenvalue weighted by atomic mass is 10.1. The number of carboxylic acid groups (broad SMARTS) is 1. The van der Waals surface area contributed by atoms with Crippen molar-refractivity contribution in [3.05, 3.63) is 64.4 Å². The number of nitrogens with one attached hydrogen (secondary N) is 1. The van der Waals surface area contributed by atoms with Gasteiger partial charge in [0.25, 0.3) is 5.91 Å². The zero-order valence-electron chi connectivity index (χ0n) is 10.8. The van der Waals surface area contributed by atoms with E-state index in [4.69, 9.17) is 16.7 Å². The number of rotatable bonds is 4. The first-order valence-electron chi connectivity index (χ1n) is 6.03. The first-order chi connectivity index (χ1) is 9.95. The average Bonchev–Trinajstić information content (AvgIpc) is 2.37. The maximum absolute atomic E-state index is 12.9. The van der Waals surface area contributed by atoms with E-state index in [0.717, 1.165) is 12.1 Å². The number of amides is 1. The lowest BCUT2D eigenvalue weighted by Gasteiger charge is -2.08. The monoisotopic (exact) mass is 307 g/mol. The quantitative estimate of drug-likeness (QED) is 0.910. The van der Waals surface area contributed by atoms with Crippen molar-refractivity contribution in [2.75, 3.05) is 5.32 Å². The van der Waals surface area contributed by atoms with E-state index in [-0.39, 0.29) is 17.0 Å². The maximum atomic E-state index is 12.9. The molecule has 4 nitrogen and oxygen atoms in total. The summed E-state index contributed by atoms with van der Waals surface area (Å²) in [6, 6.07) is 9.95. The van der Waals surface area contributed by atoms with Crippen molar-refractivity contribution < 1.29 is 19.1 Å². The zero-order valence-corrected chi connectivity index (χ0v) is 11.5. The number of hydrogen-bond acceptors (Lipinski definition) is 2. The number of carbonyl (C=O) groups excluding carboxylic acids is 1. The van der Waals surface area contributed by atoms with Crippen LogP contribution in [0.1, 0.15) is 15.9 Å². The van der Waals surface area contributed by atoms with Gasteiger partial charge in [-0.15, -0.1) is 0 Å². The first kappa shape index (κ1) is 15.0. The SMILES string of the molecule is O=C(O)Cc1cccc(NC(=O)c2ccc(F)cc2Cl)c1. The molecule has 0 aliphatic carbocycles. The molecule has 0 heterocycles. The molecule has 2 rings (SSSR count). The summed E-state index contributed by atoms with van der Waals surface area (Å²) in [5, 5.41) is 11.3. The van der Waals surface area contributed by atoms with Crippen molar-refractivity contribution in [3.8, 4) is 0 Å². The third kappa shape index (κ3) is 4.03. The van der Waals surface area contributed by atoms with Crippen LogP contribution in [0.4, 0.5) is 10.1 Å². The summed E-state index contributed by atoms with van der Waals surface area (Å²) in [6.45, 7) is 0. The van der Waals surface area contributed by atoms with Gasteiger partial charge in [0.1, 0.15) is 5.82 Å². The molecule has 0 radical (unpaired) electrons. The largest absolute Gasteiger partial charge is 0.481 e. The van der Waals surface area contributed by atoms with Crippen LogP contribution >= 0.6 is 11.6 Å². The molecule has 0 spiro atoms. The van der Waals surface area contributed by atoms with Gasteiger partial charge in [-0.2, -0.15) is 0 Å². The minimum absolute atomic E-state index is 0.00851. The molecule has 0 aliphatic rings. The van der Waals surface area contributed by atoms with E-state index in [0.29, 0.717) is 11.3 Å². The van der Waals surface area contributed by atoms with E-state index >= 15 is 0 Å². The lowest BCUT2D eigenvalue weighted by Crippen LogP contribution is -2.13. The minimum Gasteiger partial charge on any atom is -0.481 e. The van der Waals surface area contributed by atoms with E-state index in [1.165, 1.54) is 6.07 Å². The topological polar surface area (TPSA) is 66.4 Å². The van der Waals surface area contributed by atoms with Crippen molar-refractivity contribution in [1.29, 1.82) is 0 Å². The van der Waals surface area contributed by atoms with E-state index in [2.05, 4.69) is 5.32 Å². The molecule has 2 aromatic rings. The molecule has 0 saturated heterocycles. The Balaban J connectivity index is 2.17. The van der Waals surface area contributed by atoms with Crippen LogP contribution < -0.4 is 5.32 Å². The number of carboxylic acids is 1. The highest BCUT2D eigenvalue weighted by molar-refractivity contribution is 6.34. The van der Waals surface area contributed by atoms with Crippen molar-refractivity contribution in [3.63, 3.8) is 0 Å². The van der Waals surface area contributed by atoms with Crippen molar-refractivity contribution in [2.45, 2.75) is 6.42 Å². The average molecular weight is 308 g/mol. The Kier molecular flexibility index (Phi) is 4.55. The summed E-state index contributed by atoms with van der Waals surface area (Å²) in [4.78, 5) is 22.7. The smallest absolute Gasteiger partial charge is 0.307 e. The number of hydrogen-bond donors (Lipinski definition) is 2. The van der Waals surface area contributed by atoms with Crippen molar-refractivity contribution in [1.82, 2.24) is 0 Å². The Bertz CT molecular complexity index is 703. The fourth-order valence-corrected chi connectivity index (χ4v) is 2.06. The molecular formula is C15H11ClFNO3. The summed E-state index contributed by atoms with van der Waals surface area (Å²) < 4.78 is 12.9. The van der Waals surface area contributed by atoms with Crippen LogP contribution in [0.2, 0.25) is 5.02 Å². The van der Waals surface area contributed by atoms with Gasteiger partial charge in [0, 0.05) is 5.69 Å². The highest BCUT2D eigenvalue weighted by atomic mass is 35.5. The second-order valence-electron chi connectivity index (χ2n) is 4.35. The van der Waals surface area contributed by atoms with Crippen LogP contribution in [0.5, 0.6) is 0 Å². The Labute approximate surface area is 125 Å². The molecule has 6 heteroatoms. The molecule has 0 fully saturated rings. The molecule has 21 heavy (non-hydrogen) atoms. The normalized spacial score (nSPS) is 10.2. The molecule has 2 aromatic carbocycles. The van der Waals surface area contributed by atoms with Crippen molar-refractivity contribution in [2.24, 2.45) is 0 Å². The maximum Gasteiger partial charge on any atom is 0.307 e. The molecule has 0 unspecified atom stereocenters. The fourth-order valence-electron chi connectivity index (χ4n) is 1.81. The number of benzene rings is 2. The van der Waals surface area contributed by atoms with Crippen LogP contribution in [0.3, 0.4) is 0 Å². The summed E-state index contributed by atoms with van der Waals surface area (Å²) in [5.74, 6) is -1.98. The van der Waals surface area contributed by atoms with Gasteiger partial charge >= 0.3 is 5.97 Å². The van der Waals surface area contributed by atoms with Crippen LogP contribution in [0.15, 0.2) is 42.5 Å². The van der Waals surface area contributed by atoms with E-state index < -0.39 is 17.7 Å². The molecular weight excluding hydrogens is 297 g/mol. The summed E-state index contributed by atoms with van der Waals surface area (Å²) >= 11 is 5.81. The highest BCUT2D eigenvalue weighted by Gasteiger charge is 2.11. The molecule has 0 aromatic heterocycles. The van der Waals surface area contributed by atoms with Gasteiger partial charge in [0.15, 0.2) is 0 Å². The summed E-state index contributed by atoms with van der Waals surface area (Å²) in [6.07, 6.45) is -0.138. The number of anilines is 1. The van der Waals surface area contributed by atoms with Crippen LogP contribution in [-0.2, 0) is 11.2 Å². The molecule has 0 bridgehead atoms. The Morgan fingerprint density at radius 3 is 2.62 bits per heavy atom. The van der Waals surface area contributed by atoms with E-state index in [9.17, 15) is 14.0 Å². The first-order valence-corrected chi connectivity index (χ1v) is 6.40. The Morgan fingerprint density at radius 2 is 1.95 bits per heavy atom. The second kappa shape index (κ2) is 6.37. The predicted molar refractivity (Wildman–Crippen MR) is 77.1 cm³/mol. The van der Waals surface area contributed by atoms with Crippen LogP contribution in [0.25, 0.3) is 0 Å². The standard InChI is InChI=1S/C15H11ClFNO3/c16-13-8-10(17)4-5-12(13)15(21)18-11-3-1-2-9(6-11)7-14(19)20/h1-6,8H,7H2,(H,18,21)(H,19,20). The molecule has 1 amide bonds. The van der Waals surface area contributed by atoms with E-state index in [1.807, 2.05) is 0 Å². The Hall–Kier alpha value is -2.40. The minimum atomic E-state index is -0.958. The zero-order chi connectivity index (χ0) is 15.4. The second-order valence-corrected chi connectivity index (χ2v) is 4.76. The van der Waals surface area contributed by atoms with Crippen LogP contribution in [0, 0.1) is 5.82 Å². The molecule has 2 N–H and O–H groups in total. The van der Waals surface area contributed by atoms with Gasteiger partial charge in [-0.25, -0.2) is 4.39 Å². The third-order valence-electron chi connectivity index (χ3n) is 2.72. The summed E-state index contributed by atoms with van der Waals surface area (Å²) in [7, 11) is 0. The Morgan fingerprint density at radius 1 is 1.19 bits per heavy atom. The number of halogens is 2. The lowest BCUT2D eigenvalue weighted by molar-refractivity contribution is -0.136. The van der Waals surface area contributed by atoms with Crippen LogP contribution in [-0.4, -0.2) is 17.0 Å². The molecule has 0 aliphatic heterocycles. The summed E-state index contributed by atoms with van der Waals surface area (Å²) in [5.41, 5.74) is 1.14. The number of carbonyl (C=O) groups is 2. The predicted octanol–water partition coefficient (Wildman–Crippen LogP) is 3.36. The van der Waals surface area contributed by atoms with Gasteiger partial charge in [-0.05, 0) is 35.9 Å². The molecule has 108 valence electrons. The van der Waals surface area contributed by atoms with Gasteiger partial charge in [-0.1, -0.05) is 23.7 Å². The molecule has 0 atom stereocenters. The molecule has 0 saturated carbocycles. The van der Waals surface area contributed by atoms with Gasteiger partial charge in [0.2, 0.25) is 0 Å². The van der Waals surface area contributed by atoms with Crippen molar-refractivity contribution >= 4 is 29.2 Å². The highest BCUT2D eigenvalue weighted by Crippen LogP contribution is 2.19. The van der Waals surface area contributed by atoms with Gasteiger partial charge in [0.05, 0.1) is 17.0 Å².